The highest BCUT2D eigenvalue weighted by atomic mass is 79.9. The minimum Gasteiger partial charge on any atom is -0.490 e. The average molecular weight is 368 g/mol. The number of halogens is 2. The van der Waals surface area contributed by atoms with Crippen molar-refractivity contribution in [3.8, 4) is 5.75 Å². The molecule has 5 heteroatoms. The Morgan fingerprint density at radius 3 is 2.59 bits per heavy atom. The van der Waals surface area contributed by atoms with Gasteiger partial charge in [0.25, 0.3) is 0 Å². The van der Waals surface area contributed by atoms with Gasteiger partial charge in [-0.2, -0.15) is 0 Å². The van der Waals surface area contributed by atoms with Crippen molar-refractivity contribution in [2.24, 2.45) is 0 Å². The van der Waals surface area contributed by atoms with Crippen LogP contribution < -0.4 is 4.74 Å². The fourth-order valence-corrected chi connectivity index (χ4v) is 2.23. The Labute approximate surface area is 119 Å². The lowest BCUT2D eigenvalue weighted by Gasteiger charge is -2.12. The molecular weight excluding hydrogens is 352 g/mol. The number of benzene rings is 1. The first-order valence-corrected chi connectivity index (χ1v) is 7.24. The van der Waals surface area contributed by atoms with E-state index in [1.54, 1.807) is 7.11 Å². The van der Waals surface area contributed by atoms with Gasteiger partial charge in [-0.05, 0) is 22.0 Å². The van der Waals surface area contributed by atoms with E-state index in [2.05, 4.69) is 31.9 Å². The Kier molecular flexibility index (Phi) is 7.84. The smallest absolute Gasteiger partial charge is 0.137 e. The number of methoxy groups -OCH3 is 1. The largest absolute Gasteiger partial charge is 0.490 e. The zero-order chi connectivity index (χ0) is 12.5. The van der Waals surface area contributed by atoms with Crippen LogP contribution in [0.3, 0.4) is 0 Å². The maximum atomic E-state index is 5.70. The van der Waals surface area contributed by atoms with Crippen LogP contribution in [0.2, 0.25) is 0 Å². The molecule has 0 N–H and O–H groups in total. The summed E-state index contributed by atoms with van der Waals surface area (Å²) in [7, 11) is 1.66. The molecule has 0 saturated carbocycles. The van der Waals surface area contributed by atoms with Gasteiger partial charge in [-0.15, -0.1) is 0 Å². The predicted molar refractivity (Wildman–Crippen MR) is 75.0 cm³/mol. The van der Waals surface area contributed by atoms with E-state index in [9.17, 15) is 0 Å². The molecule has 0 aliphatic carbocycles. The predicted octanol–water partition coefficient (Wildman–Crippen LogP) is 3.39. The molecule has 3 nitrogen and oxygen atoms in total. The monoisotopic (exact) mass is 366 g/mol. The van der Waals surface area contributed by atoms with Crippen LogP contribution in [0.1, 0.15) is 5.56 Å². The number of hydrogen-bond acceptors (Lipinski definition) is 3. The van der Waals surface area contributed by atoms with Gasteiger partial charge < -0.3 is 14.2 Å². The standard InChI is InChI=1S/C12H16Br2O3/c1-15-5-6-16-7-8-17-12-10(9-13)3-2-4-11(12)14/h2-4H,5-9H2,1H3. The van der Waals surface area contributed by atoms with Gasteiger partial charge in [0.05, 0.1) is 24.3 Å². The number of rotatable bonds is 8. The molecule has 0 aliphatic heterocycles. The van der Waals surface area contributed by atoms with Crippen LogP contribution in [-0.2, 0) is 14.8 Å². The summed E-state index contributed by atoms with van der Waals surface area (Å²) in [6.07, 6.45) is 0. The molecule has 0 radical (unpaired) electrons. The lowest BCUT2D eigenvalue weighted by Crippen LogP contribution is -2.10. The van der Waals surface area contributed by atoms with Crippen LogP contribution in [0, 0.1) is 0 Å². The third-order valence-corrected chi connectivity index (χ3v) is 3.33. The first-order chi connectivity index (χ1) is 8.29. The summed E-state index contributed by atoms with van der Waals surface area (Å²) in [5.41, 5.74) is 1.12. The van der Waals surface area contributed by atoms with Crippen molar-refractivity contribution in [2.45, 2.75) is 5.33 Å². The van der Waals surface area contributed by atoms with E-state index in [-0.39, 0.29) is 0 Å². The number of hydrogen-bond donors (Lipinski definition) is 0. The lowest BCUT2D eigenvalue weighted by molar-refractivity contribution is 0.0542. The van der Waals surface area contributed by atoms with Gasteiger partial charge >= 0.3 is 0 Å². The molecule has 0 bridgehead atoms. The van der Waals surface area contributed by atoms with Crippen molar-refractivity contribution >= 4 is 31.9 Å². The molecule has 0 fully saturated rings. The van der Waals surface area contributed by atoms with Crippen molar-refractivity contribution < 1.29 is 14.2 Å². The maximum absolute atomic E-state index is 5.70. The summed E-state index contributed by atoms with van der Waals surface area (Å²) in [5.74, 6) is 0.875. The first kappa shape index (κ1) is 15.0. The van der Waals surface area contributed by atoms with Crippen molar-refractivity contribution in [2.75, 3.05) is 33.5 Å². The Bertz CT molecular complexity index is 332. The second-order valence-electron chi connectivity index (χ2n) is 3.32. The summed E-state index contributed by atoms with van der Waals surface area (Å²) in [6, 6.07) is 5.98. The second kappa shape index (κ2) is 8.91. The summed E-state index contributed by atoms with van der Waals surface area (Å²) in [6.45, 7) is 2.31. The third-order valence-electron chi connectivity index (χ3n) is 2.10. The minimum absolute atomic E-state index is 0.534. The molecule has 1 rings (SSSR count). The van der Waals surface area contributed by atoms with E-state index >= 15 is 0 Å². The first-order valence-electron chi connectivity index (χ1n) is 5.32. The van der Waals surface area contributed by atoms with E-state index in [1.807, 2.05) is 18.2 Å². The Morgan fingerprint density at radius 1 is 1.12 bits per heavy atom. The molecule has 0 aromatic heterocycles. The van der Waals surface area contributed by atoms with Gasteiger partial charge in [0, 0.05) is 18.0 Å². The zero-order valence-electron chi connectivity index (χ0n) is 9.75. The maximum Gasteiger partial charge on any atom is 0.137 e. The van der Waals surface area contributed by atoms with Crippen molar-refractivity contribution in [1.82, 2.24) is 0 Å². The van der Waals surface area contributed by atoms with Gasteiger partial charge in [0.2, 0.25) is 0 Å². The SMILES string of the molecule is COCCOCCOc1c(Br)cccc1CBr. The molecule has 96 valence electrons. The van der Waals surface area contributed by atoms with Gasteiger partial charge in [-0.1, -0.05) is 28.1 Å². The molecule has 0 saturated heterocycles. The molecule has 0 aliphatic rings. The Hall–Kier alpha value is -0.100. The fourth-order valence-electron chi connectivity index (χ4n) is 1.27. The zero-order valence-corrected chi connectivity index (χ0v) is 12.9. The number of alkyl halides is 1. The van der Waals surface area contributed by atoms with Gasteiger partial charge in [0.1, 0.15) is 12.4 Å². The molecule has 0 amide bonds. The van der Waals surface area contributed by atoms with Crippen molar-refractivity contribution in [3.05, 3.63) is 28.2 Å². The van der Waals surface area contributed by atoms with Gasteiger partial charge in [-0.25, -0.2) is 0 Å². The molecule has 0 heterocycles. The normalized spacial score (nSPS) is 10.5. The van der Waals surface area contributed by atoms with Gasteiger partial charge in [0.15, 0.2) is 0 Å². The molecular formula is C12H16Br2O3. The molecule has 0 atom stereocenters. The molecule has 1 aromatic rings. The quantitative estimate of drug-likeness (QED) is 0.520. The topological polar surface area (TPSA) is 27.7 Å². The summed E-state index contributed by atoms with van der Waals surface area (Å²) in [5, 5.41) is 0.770. The Morgan fingerprint density at radius 2 is 1.88 bits per heavy atom. The van der Waals surface area contributed by atoms with E-state index < -0.39 is 0 Å². The summed E-state index contributed by atoms with van der Waals surface area (Å²) < 4.78 is 16.9. The number of ether oxygens (including phenoxy) is 3. The summed E-state index contributed by atoms with van der Waals surface area (Å²) in [4.78, 5) is 0. The van der Waals surface area contributed by atoms with E-state index in [4.69, 9.17) is 14.2 Å². The van der Waals surface area contributed by atoms with Crippen LogP contribution >= 0.6 is 31.9 Å². The Balaban J connectivity index is 2.35. The third kappa shape index (κ3) is 5.38. The van der Waals surface area contributed by atoms with Crippen LogP contribution in [0.4, 0.5) is 0 Å². The highest BCUT2D eigenvalue weighted by Crippen LogP contribution is 2.30. The van der Waals surface area contributed by atoms with Gasteiger partial charge in [-0.3, -0.25) is 0 Å². The number of para-hydroxylation sites is 1. The van der Waals surface area contributed by atoms with E-state index in [1.165, 1.54) is 0 Å². The average Bonchev–Trinajstić information content (AvgIpc) is 2.35. The molecule has 0 spiro atoms. The van der Waals surface area contributed by atoms with E-state index in [0.717, 1.165) is 21.1 Å². The van der Waals surface area contributed by atoms with Crippen molar-refractivity contribution in [3.63, 3.8) is 0 Å². The summed E-state index contributed by atoms with van der Waals surface area (Å²) >= 11 is 6.91. The van der Waals surface area contributed by atoms with Crippen LogP contribution in [-0.4, -0.2) is 33.5 Å². The lowest BCUT2D eigenvalue weighted by atomic mass is 10.2. The van der Waals surface area contributed by atoms with Crippen LogP contribution in [0.15, 0.2) is 22.7 Å². The van der Waals surface area contributed by atoms with E-state index in [0.29, 0.717) is 26.4 Å². The molecule has 0 unspecified atom stereocenters. The highest BCUT2D eigenvalue weighted by molar-refractivity contribution is 9.10. The highest BCUT2D eigenvalue weighted by Gasteiger charge is 2.06. The minimum atomic E-state index is 0.534. The molecule has 1 aromatic carbocycles. The van der Waals surface area contributed by atoms with Crippen LogP contribution in [0.25, 0.3) is 0 Å². The second-order valence-corrected chi connectivity index (χ2v) is 4.73. The molecule has 17 heavy (non-hydrogen) atoms. The van der Waals surface area contributed by atoms with Crippen molar-refractivity contribution in [1.29, 1.82) is 0 Å². The van der Waals surface area contributed by atoms with Crippen LogP contribution in [0.5, 0.6) is 5.75 Å². The fraction of sp³-hybridized carbons (Fsp3) is 0.500.